The Morgan fingerprint density at radius 1 is 0.796 bits per heavy atom. The van der Waals surface area contributed by atoms with Crippen molar-refractivity contribution >= 4 is 45.9 Å². The van der Waals surface area contributed by atoms with Gasteiger partial charge in [0, 0.05) is 57.3 Å². The van der Waals surface area contributed by atoms with Gasteiger partial charge in [-0.1, -0.05) is 121 Å². The van der Waals surface area contributed by atoms with E-state index in [-0.39, 0.29) is 17.6 Å². The molecule has 8 nitrogen and oxygen atoms in total. The number of carbonyl (C=O) groups excluding carboxylic acids is 1. The van der Waals surface area contributed by atoms with E-state index in [1.165, 1.54) is 64.2 Å². The summed E-state index contributed by atoms with van der Waals surface area (Å²) in [4.78, 5) is 33.4. The van der Waals surface area contributed by atoms with E-state index >= 15 is 0 Å². The average Bonchev–Trinajstić information content (AvgIpc) is 3.17. The predicted molar refractivity (Wildman–Crippen MR) is 227 cm³/mol. The summed E-state index contributed by atoms with van der Waals surface area (Å²) in [5.74, 6) is 0.585. The van der Waals surface area contributed by atoms with Gasteiger partial charge in [0.1, 0.15) is 5.75 Å². The second-order valence-corrected chi connectivity index (χ2v) is 16.0. The first-order valence-corrected chi connectivity index (χ1v) is 21.6. The van der Waals surface area contributed by atoms with Crippen LogP contribution in [0.5, 0.6) is 5.75 Å². The topological polar surface area (TPSA) is 67.2 Å². The minimum absolute atomic E-state index is 0.114. The molecule has 54 heavy (non-hydrogen) atoms. The highest BCUT2D eigenvalue weighted by Gasteiger charge is 2.26. The van der Waals surface area contributed by atoms with Crippen molar-refractivity contribution in [3.63, 3.8) is 0 Å². The fourth-order valence-corrected chi connectivity index (χ4v) is 7.76. The molecule has 1 fully saturated rings. The molecule has 2 heterocycles. The number of carbonyl (C=O) groups is 1. The number of rotatable bonds is 24. The summed E-state index contributed by atoms with van der Waals surface area (Å²) < 4.78 is 14.0. The number of ether oxygens (including phenoxy) is 2. The number of fused-ring (bicyclic) bond motifs is 1. The van der Waals surface area contributed by atoms with Crippen molar-refractivity contribution < 1.29 is 14.3 Å². The average molecular weight is 786 g/mol. The Kier molecular flexibility index (Phi) is 19.3. The van der Waals surface area contributed by atoms with Gasteiger partial charge in [0.05, 0.1) is 27.9 Å². The Labute approximate surface area is 335 Å². The second-order valence-electron chi connectivity index (χ2n) is 15.2. The van der Waals surface area contributed by atoms with Gasteiger partial charge in [-0.05, 0) is 68.4 Å². The highest BCUT2D eigenvalue weighted by Crippen LogP contribution is 2.33. The summed E-state index contributed by atoms with van der Waals surface area (Å²) in [6, 6.07) is 15.0. The summed E-state index contributed by atoms with van der Waals surface area (Å²) in [6.45, 7) is 14.8. The van der Waals surface area contributed by atoms with E-state index in [0.29, 0.717) is 41.0 Å². The molecule has 1 aromatic heterocycles. The molecular weight excluding hydrogens is 719 g/mol. The van der Waals surface area contributed by atoms with Crippen molar-refractivity contribution in [1.29, 1.82) is 0 Å². The number of aromatic nitrogens is 1. The fraction of sp³-hybridized carbons (Fsp3) is 0.636. The molecule has 1 amide bonds. The van der Waals surface area contributed by atoms with Crippen molar-refractivity contribution in [2.24, 2.45) is 5.92 Å². The van der Waals surface area contributed by atoms with Crippen LogP contribution in [0.1, 0.15) is 124 Å². The van der Waals surface area contributed by atoms with Gasteiger partial charge in [-0.15, -0.1) is 0 Å². The van der Waals surface area contributed by atoms with Crippen LogP contribution in [0.3, 0.4) is 0 Å². The molecule has 0 saturated carbocycles. The molecule has 1 unspecified atom stereocenters. The molecule has 1 aliphatic rings. The molecule has 3 aromatic rings. The SMILES string of the molecule is CCCCCCCCCCCCCCN(CC)C(=O)OC(C(C)C)n1c(=O)ccc2ccc(OCCCCN3CCN(c4cccc(Cl)c4Cl)CC3)cc21. The fourth-order valence-electron chi connectivity index (χ4n) is 7.35. The van der Waals surface area contributed by atoms with E-state index in [4.69, 9.17) is 32.7 Å². The van der Waals surface area contributed by atoms with E-state index in [0.717, 1.165) is 69.5 Å². The van der Waals surface area contributed by atoms with E-state index in [2.05, 4.69) is 16.7 Å². The maximum atomic E-state index is 13.5. The van der Waals surface area contributed by atoms with Gasteiger partial charge in [0.25, 0.3) is 5.56 Å². The Morgan fingerprint density at radius 2 is 1.44 bits per heavy atom. The Balaban J connectivity index is 1.23. The van der Waals surface area contributed by atoms with Crippen molar-refractivity contribution in [2.45, 2.75) is 124 Å². The maximum Gasteiger partial charge on any atom is 0.411 e. The molecule has 4 rings (SSSR count). The van der Waals surface area contributed by atoms with E-state index in [1.807, 2.05) is 63.2 Å². The van der Waals surface area contributed by atoms with Crippen LogP contribution in [0.25, 0.3) is 10.9 Å². The van der Waals surface area contributed by atoms with E-state index < -0.39 is 6.23 Å². The van der Waals surface area contributed by atoms with Crippen LogP contribution >= 0.6 is 23.2 Å². The van der Waals surface area contributed by atoms with Crippen LogP contribution < -0.4 is 15.2 Å². The largest absolute Gasteiger partial charge is 0.494 e. The number of amides is 1. The van der Waals surface area contributed by atoms with Gasteiger partial charge in [0.2, 0.25) is 0 Å². The van der Waals surface area contributed by atoms with Gasteiger partial charge < -0.3 is 19.3 Å². The van der Waals surface area contributed by atoms with Crippen LogP contribution in [0.4, 0.5) is 10.5 Å². The number of halogens is 2. The number of pyridine rings is 1. The summed E-state index contributed by atoms with van der Waals surface area (Å²) in [6.07, 6.45) is 16.1. The first-order valence-electron chi connectivity index (χ1n) is 20.9. The summed E-state index contributed by atoms with van der Waals surface area (Å²) >= 11 is 12.7. The number of piperazine rings is 1. The lowest BCUT2D eigenvalue weighted by molar-refractivity contribution is 0.00308. The third-order valence-corrected chi connectivity index (χ3v) is 11.5. The standard InChI is InChI=1S/C44H66Cl2N4O4/c1-5-7-8-9-10-11-12-13-14-15-16-17-28-48(6-2)44(52)54-43(35(3)4)50-40-34-37(25-23-36(40)24-26-41(50)51)53-33-19-18-27-47-29-31-49(32-30-47)39-22-20-21-38(45)42(39)46/h20-26,34-35,43H,5-19,27-33H2,1-4H3. The maximum absolute atomic E-state index is 13.5. The molecule has 0 bridgehead atoms. The first-order chi connectivity index (χ1) is 26.2. The molecule has 1 saturated heterocycles. The lowest BCUT2D eigenvalue weighted by Gasteiger charge is -2.36. The lowest BCUT2D eigenvalue weighted by Crippen LogP contribution is -2.46. The first kappa shape index (κ1) is 43.8. The van der Waals surface area contributed by atoms with E-state index in [9.17, 15) is 9.59 Å². The van der Waals surface area contributed by atoms with Crippen LogP contribution in [0.15, 0.2) is 53.3 Å². The number of hydrogen-bond acceptors (Lipinski definition) is 6. The number of nitrogens with zero attached hydrogens (tertiary/aromatic N) is 4. The molecule has 0 N–H and O–H groups in total. The van der Waals surface area contributed by atoms with Gasteiger partial charge in [0.15, 0.2) is 6.23 Å². The van der Waals surface area contributed by atoms with Gasteiger partial charge in [-0.2, -0.15) is 0 Å². The second kappa shape index (κ2) is 23.9. The zero-order chi connectivity index (χ0) is 38.7. The molecule has 2 aromatic carbocycles. The lowest BCUT2D eigenvalue weighted by atomic mass is 10.1. The summed E-state index contributed by atoms with van der Waals surface area (Å²) in [5, 5.41) is 2.11. The van der Waals surface area contributed by atoms with Gasteiger partial charge in [-0.3, -0.25) is 14.3 Å². The Morgan fingerprint density at radius 3 is 2.09 bits per heavy atom. The quantitative estimate of drug-likeness (QED) is 0.0843. The van der Waals surface area contributed by atoms with Crippen molar-refractivity contribution in [1.82, 2.24) is 14.4 Å². The molecule has 0 radical (unpaired) electrons. The zero-order valence-corrected chi connectivity index (χ0v) is 35.0. The molecule has 10 heteroatoms. The molecule has 0 spiro atoms. The highest BCUT2D eigenvalue weighted by atomic mass is 35.5. The minimum atomic E-state index is -0.740. The summed E-state index contributed by atoms with van der Waals surface area (Å²) in [5.41, 5.74) is 1.50. The van der Waals surface area contributed by atoms with Crippen LogP contribution in [-0.2, 0) is 4.74 Å². The molecule has 1 aliphatic heterocycles. The molecular formula is C44H66Cl2N4O4. The van der Waals surface area contributed by atoms with Gasteiger partial charge >= 0.3 is 6.09 Å². The van der Waals surface area contributed by atoms with Crippen LogP contribution in [0.2, 0.25) is 10.0 Å². The number of unbranched alkanes of at least 4 members (excludes halogenated alkanes) is 12. The highest BCUT2D eigenvalue weighted by molar-refractivity contribution is 6.43. The monoisotopic (exact) mass is 784 g/mol. The smallest absolute Gasteiger partial charge is 0.411 e. The predicted octanol–water partition coefficient (Wildman–Crippen LogP) is 11.6. The number of benzene rings is 2. The number of hydrogen-bond donors (Lipinski definition) is 0. The summed E-state index contributed by atoms with van der Waals surface area (Å²) in [7, 11) is 0. The number of anilines is 1. The Hall–Kier alpha value is -2.94. The third-order valence-electron chi connectivity index (χ3n) is 10.7. The zero-order valence-electron chi connectivity index (χ0n) is 33.5. The van der Waals surface area contributed by atoms with E-state index in [1.54, 1.807) is 15.5 Å². The Bertz CT molecular complexity index is 1610. The third kappa shape index (κ3) is 13.7. The van der Waals surface area contributed by atoms with Crippen molar-refractivity contribution in [3.8, 4) is 5.75 Å². The van der Waals surface area contributed by atoms with Crippen molar-refractivity contribution in [2.75, 3.05) is 57.3 Å². The minimum Gasteiger partial charge on any atom is -0.494 e. The van der Waals surface area contributed by atoms with Crippen molar-refractivity contribution in [3.05, 3.63) is 68.9 Å². The molecule has 1 atom stereocenters. The van der Waals surface area contributed by atoms with Crippen LogP contribution in [0, 0.1) is 5.92 Å². The van der Waals surface area contributed by atoms with Gasteiger partial charge in [-0.25, -0.2) is 4.79 Å². The normalized spacial score (nSPS) is 14.2. The van der Waals surface area contributed by atoms with Crippen LogP contribution in [-0.4, -0.2) is 72.9 Å². The molecule has 0 aliphatic carbocycles. The molecule has 300 valence electrons.